The van der Waals surface area contributed by atoms with Gasteiger partial charge in [0.15, 0.2) is 0 Å². The molecule has 0 radical (unpaired) electrons. The monoisotopic (exact) mass is 370 g/mol. The number of nitrogens with one attached hydrogen (secondary N) is 2. The van der Waals surface area contributed by atoms with Crippen LogP contribution >= 0.6 is 15.9 Å². The normalized spacial score (nSPS) is 10.5. The van der Waals surface area contributed by atoms with Crippen molar-refractivity contribution in [3.05, 3.63) is 75.2 Å². The number of hydrogen-bond donors (Lipinski definition) is 2. The first-order chi connectivity index (χ1) is 11.2. The fourth-order valence-electron chi connectivity index (χ4n) is 2.19. The van der Waals surface area contributed by atoms with Crippen LogP contribution in [0.2, 0.25) is 0 Å². The minimum Gasteiger partial charge on any atom is -0.355 e. The molecule has 2 aromatic heterocycles. The smallest absolute Gasteiger partial charge is 0.252 e. The summed E-state index contributed by atoms with van der Waals surface area (Å²) in [6.45, 7) is 0.685. The molecule has 0 spiro atoms. The van der Waals surface area contributed by atoms with E-state index in [4.69, 9.17) is 0 Å². The van der Waals surface area contributed by atoms with Gasteiger partial charge in [0.1, 0.15) is 0 Å². The van der Waals surface area contributed by atoms with Gasteiger partial charge in [0.25, 0.3) is 5.56 Å². The zero-order valence-corrected chi connectivity index (χ0v) is 13.9. The lowest BCUT2D eigenvalue weighted by molar-refractivity contribution is 0.977. The van der Waals surface area contributed by atoms with Crippen molar-refractivity contribution < 1.29 is 0 Å². The molecule has 0 amide bonds. The molecule has 0 aliphatic heterocycles. The molecule has 0 unspecified atom stereocenters. The van der Waals surface area contributed by atoms with E-state index in [0.717, 1.165) is 16.5 Å². The zero-order valence-electron chi connectivity index (χ0n) is 12.3. The lowest BCUT2D eigenvalue weighted by Crippen LogP contribution is -2.14. The van der Waals surface area contributed by atoms with Crippen LogP contribution in [0.3, 0.4) is 0 Å². The Morgan fingerprint density at radius 1 is 1.09 bits per heavy atom. The predicted octanol–water partition coefficient (Wildman–Crippen LogP) is 3.25. The van der Waals surface area contributed by atoms with E-state index in [1.54, 1.807) is 12.4 Å². The van der Waals surface area contributed by atoms with Crippen molar-refractivity contribution in [1.82, 2.24) is 15.0 Å². The van der Waals surface area contributed by atoms with Crippen LogP contribution in [0.1, 0.15) is 5.56 Å². The fraction of sp³-hybridized carbons (Fsp3) is 0.118. The van der Waals surface area contributed by atoms with E-state index < -0.39 is 0 Å². The molecule has 0 aliphatic rings. The van der Waals surface area contributed by atoms with Crippen molar-refractivity contribution in [2.45, 2.75) is 6.42 Å². The van der Waals surface area contributed by atoms with Crippen LogP contribution in [0.15, 0.2) is 64.1 Å². The highest BCUT2D eigenvalue weighted by atomic mass is 79.9. The maximum absolute atomic E-state index is 11.8. The molecule has 0 saturated heterocycles. The number of H-pyrrole nitrogens is 1. The summed E-state index contributed by atoms with van der Waals surface area (Å²) in [4.78, 5) is 22.9. The Labute approximate surface area is 142 Å². The van der Waals surface area contributed by atoms with Gasteiger partial charge < -0.3 is 5.32 Å². The highest BCUT2D eigenvalue weighted by Gasteiger charge is 2.03. The van der Waals surface area contributed by atoms with Crippen molar-refractivity contribution in [2.24, 2.45) is 0 Å². The minimum absolute atomic E-state index is 0.182. The molecule has 3 aromatic rings. The number of nitrogens with zero attached hydrogens (tertiary/aromatic N) is 2. The molecule has 2 N–H and O–H groups in total. The number of benzene rings is 1. The Bertz CT molecular complexity index is 831. The largest absolute Gasteiger partial charge is 0.355 e. The van der Waals surface area contributed by atoms with Crippen molar-refractivity contribution in [2.75, 3.05) is 11.9 Å². The Morgan fingerprint density at radius 2 is 1.83 bits per heavy atom. The third-order valence-electron chi connectivity index (χ3n) is 3.34. The van der Waals surface area contributed by atoms with Gasteiger partial charge in [-0.15, -0.1) is 0 Å². The van der Waals surface area contributed by atoms with E-state index in [1.807, 2.05) is 24.3 Å². The topological polar surface area (TPSA) is 70.7 Å². The van der Waals surface area contributed by atoms with Crippen molar-refractivity contribution >= 4 is 21.9 Å². The maximum Gasteiger partial charge on any atom is 0.252 e. The first-order valence-corrected chi connectivity index (χ1v) is 8.00. The van der Waals surface area contributed by atoms with Crippen molar-refractivity contribution in [1.29, 1.82) is 0 Å². The molecule has 0 bridgehead atoms. The number of pyridine rings is 1. The number of rotatable bonds is 5. The van der Waals surface area contributed by atoms with Gasteiger partial charge in [-0.1, -0.05) is 28.1 Å². The number of aromatic nitrogens is 3. The molecule has 3 rings (SSSR count). The second kappa shape index (κ2) is 7.19. The third kappa shape index (κ3) is 4.26. The predicted molar refractivity (Wildman–Crippen MR) is 94.4 cm³/mol. The second-order valence-electron chi connectivity index (χ2n) is 5.02. The molecule has 0 atom stereocenters. The molecule has 0 saturated carbocycles. The highest BCUT2D eigenvalue weighted by molar-refractivity contribution is 9.10. The first-order valence-electron chi connectivity index (χ1n) is 7.21. The van der Waals surface area contributed by atoms with E-state index in [0.29, 0.717) is 18.2 Å². The summed E-state index contributed by atoms with van der Waals surface area (Å²) >= 11 is 3.42. The summed E-state index contributed by atoms with van der Waals surface area (Å²) in [7, 11) is 0. The zero-order chi connectivity index (χ0) is 16.1. The number of aromatic amines is 1. The van der Waals surface area contributed by atoms with Gasteiger partial charge in [0, 0.05) is 35.0 Å². The summed E-state index contributed by atoms with van der Waals surface area (Å²) in [6.07, 6.45) is 4.20. The fourth-order valence-corrected chi connectivity index (χ4v) is 2.45. The average molecular weight is 371 g/mol. The van der Waals surface area contributed by atoms with E-state index in [2.05, 4.69) is 48.3 Å². The van der Waals surface area contributed by atoms with Crippen LogP contribution in [0.4, 0.5) is 5.95 Å². The number of halogens is 1. The summed E-state index contributed by atoms with van der Waals surface area (Å²) in [5.74, 6) is 0.474. The summed E-state index contributed by atoms with van der Waals surface area (Å²) in [6, 6.07) is 13.3. The molecule has 0 aliphatic carbocycles. The Hall–Kier alpha value is -2.47. The quantitative estimate of drug-likeness (QED) is 0.722. The lowest BCUT2D eigenvalue weighted by Gasteiger charge is -2.07. The Morgan fingerprint density at radius 3 is 2.57 bits per heavy atom. The van der Waals surface area contributed by atoms with Gasteiger partial charge >= 0.3 is 0 Å². The number of anilines is 1. The summed E-state index contributed by atoms with van der Waals surface area (Å²) < 4.78 is 1.06. The SMILES string of the molecule is O=c1cc(-c2ccncc2)nc(NCCc2ccc(Br)cc2)[nH]1. The van der Waals surface area contributed by atoms with Gasteiger partial charge in [0.2, 0.25) is 5.95 Å². The highest BCUT2D eigenvalue weighted by Crippen LogP contribution is 2.15. The molecule has 5 nitrogen and oxygen atoms in total. The average Bonchev–Trinajstić information content (AvgIpc) is 2.57. The Balaban J connectivity index is 1.69. The number of hydrogen-bond acceptors (Lipinski definition) is 4. The van der Waals surface area contributed by atoms with Gasteiger partial charge in [-0.3, -0.25) is 14.8 Å². The van der Waals surface area contributed by atoms with Crippen LogP contribution in [0.5, 0.6) is 0 Å². The van der Waals surface area contributed by atoms with Crippen LogP contribution in [0, 0.1) is 0 Å². The standard InChI is InChI=1S/C17H15BrN4O/c18-14-3-1-12(2-4-14)5-10-20-17-21-15(11-16(23)22-17)13-6-8-19-9-7-13/h1-4,6-9,11H,5,10H2,(H2,20,21,22,23). The minimum atomic E-state index is -0.182. The molecule has 6 heteroatoms. The third-order valence-corrected chi connectivity index (χ3v) is 3.87. The molecule has 116 valence electrons. The molecule has 0 fully saturated rings. The maximum atomic E-state index is 11.8. The van der Waals surface area contributed by atoms with Crippen LogP contribution < -0.4 is 10.9 Å². The van der Waals surface area contributed by atoms with Crippen LogP contribution in [-0.4, -0.2) is 21.5 Å². The molecule has 1 aromatic carbocycles. The van der Waals surface area contributed by atoms with E-state index in [9.17, 15) is 4.79 Å². The van der Waals surface area contributed by atoms with Gasteiger partial charge in [-0.05, 0) is 36.2 Å². The van der Waals surface area contributed by atoms with E-state index in [1.165, 1.54) is 11.6 Å². The van der Waals surface area contributed by atoms with Crippen LogP contribution in [0.25, 0.3) is 11.3 Å². The van der Waals surface area contributed by atoms with E-state index in [-0.39, 0.29) is 5.56 Å². The summed E-state index contributed by atoms with van der Waals surface area (Å²) in [5, 5.41) is 3.16. The molecule has 23 heavy (non-hydrogen) atoms. The Kier molecular flexibility index (Phi) is 4.83. The molecule has 2 heterocycles. The van der Waals surface area contributed by atoms with Gasteiger partial charge in [-0.2, -0.15) is 0 Å². The second-order valence-corrected chi connectivity index (χ2v) is 5.93. The first kappa shape index (κ1) is 15.4. The molecular formula is C17H15BrN4O. The molecular weight excluding hydrogens is 356 g/mol. The lowest BCUT2D eigenvalue weighted by atomic mass is 10.1. The van der Waals surface area contributed by atoms with Crippen molar-refractivity contribution in [3.63, 3.8) is 0 Å². The van der Waals surface area contributed by atoms with Crippen LogP contribution in [-0.2, 0) is 6.42 Å². The van der Waals surface area contributed by atoms with Crippen molar-refractivity contribution in [3.8, 4) is 11.3 Å². The van der Waals surface area contributed by atoms with Gasteiger partial charge in [0.05, 0.1) is 5.69 Å². The van der Waals surface area contributed by atoms with Gasteiger partial charge in [-0.25, -0.2) is 4.98 Å². The van der Waals surface area contributed by atoms with E-state index >= 15 is 0 Å². The summed E-state index contributed by atoms with van der Waals surface area (Å²) in [5.41, 5.74) is 2.52.